The van der Waals surface area contributed by atoms with E-state index in [1.807, 2.05) is 42.2 Å². The van der Waals surface area contributed by atoms with Crippen LogP contribution < -0.4 is 10.2 Å². The van der Waals surface area contributed by atoms with Crippen molar-refractivity contribution in [2.45, 2.75) is 26.3 Å². The topological polar surface area (TPSA) is 88.3 Å². The number of carbonyl (C=O) groups is 2. The van der Waals surface area contributed by atoms with Crippen molar-refractivity contribution in [2.24, 2.45) is 0 Å². The van der Waals surface area contributed by atoms with Gasteiger partial charge in [0, 0.05) is 43.2 Å². The predicted octanol–water partition coefficient (Wildman–Crippen LogP) is 2.97. The third-order valence-electron chi connectivity index (χ3n) is 4.74. The van der Waals surface area contributed by atoms with Crippen LogP contribution in [0.2, 0.25) is 0 Å². The molecule has 0 aliphatic carbocycles. The minimum absolute atomic E-state index is 0.121. The fraction of sp³-hybridized carbons (Fsp3) is 0.238. The molecule has 142 valence electrons. The first-order valence-electron chi connectivity index (χ1n) is 9.22. The van der Waals surface area contributed by atoms with Crippen molar-refractivity contribution in [2.75, 3.05) is 11.4 Å². The van der Waals surface area contributed by atoms with Crippen molar-refractivity contribution in [1.29, 1.82) is 0 Å². The van der Waals surface area contributed by atoms with Crippen molar-refractivity contribution in [3.63, 3.8) is 0 Å². The number of nitrogens with one attached hydrogen (secondary N) is 1. The quantitative estimate of drug-likeness (QED) is 0.740. The molecule has 0 unspecified atom stereocenters. The van der Waals surface area contributed by atoms with Gasteiger partial charge in [0.2, 0.25) is 11.8 Å². The summed E-state index contributed by atoms with van der Waals surface area (Å²) in [7, 11) is 0. The van der Waals surface area contributed by atoms with Gasteiger partial charge in [0.1, 0.15) is 6.26 Å². The van der Waals surface area contributed by atoms with E-state index in [2.05, 4.69) is 15.3 Å². The second-order valence-corrected chi connectivity index (χ2v) is 6.57. The highest BCUT2D eigenvalue weighted by atomic mass is 16.3. The minimum atomic E-state index is -0.306. The van der Waals surface area contributed by atoms with Gasteiger partial charge in [-0.1, -0.05) is 13.0 Å². The molecule has 0 radical (unpaired) electrons. The molecular weight excluding hydrogens is 356 g/mol. The molecule has 0 saturated heterocycles. The number of nitrogens with zero attached hydrogens (tertiary/aromatic N) is 3. The summed E-state index contributed by atoms with van der Waals surface area (Å²) in [6.45, 7) is 2.93. The number of anilines is 1. The maximum atomic E-state index is 12.3. The third kappa shape index (κ3) is 3.51. The Bertz CT molecular complexity index is 1010. The Morgan fingerprint density at radius 2 is 2.18 bits per heavy atom. The SMILES string of the molecule is CCC(=O)N1CCc2cc(-c3nc(C(=O)NCc4cccnc4)co3)ccc21. The predicted molar refractivity (Wildman–Crippen MR) is 104 cm³/mol. The van der Waals surface area contributed by atoms with Crippen LogP contribution in [-0.2, 0) is 17.8 Å². The van der Waals surface area contributed by atoms with E-state index >= 15 is 0 Å². The van der Waals surface area contributed by atoms with Gasteiger partial charge >= 0.3 is 0 Å². The lowest BCUT2D eigenvalue weighted by Gasteiger charge is -2.16. The summed E-state index contributed by atoms with van der Waals surface area (Å²) in [5.74, 6) is 0.199. The Balaban J connectivity index is 1.47. The van der Waals surface area contributed by atoms with Crippen LogP contribution in [0.25, 0.3) is 11.5 Å². The van der Waals surface area contributed by atoms with Crippen LogP contribution in [0.15, 0.2) is 53.4 Å². The monoisotopic (exact) mass is 376 g/mol. The molecule has 4 rings (SSSR count). The minimum Gasteiger partial charge on any atom is -0.444 e. The average Bonchev–Trinajstić information content (AvgIpc) is 3.39. The number of pyridine rings is 1. The van der Waals surface area contributed by atoms with Gasteiger partial charge in [-0.15, -0.1) is 0 Å². The summed E-state index contributed by atoms with van der Waals surface area (Å²) in [5, 5.41) is 2.80. The summed E-state index contributed by atoms with van der Waals surface area (Å²) >= 11 is 0. The van der Waals surface area contributed by atoms with Crippen LogP contribution in [0.4, 0.5) is 5.69 Å². The Morgan fingerprint density at radius 3 is 2.96 bits per heavy atom. The molecule has 7 heteroatoms. The summed E-state index contributed by atoms with van der Waals surface area (Å²) in [6, 6.07) is 9.46. The molecule has 2 aromatic heterocycles. The van der Waals surface area contributed by atoms with Crippen LogP contribution in [0.3, 0.4) is 0 Å². The number of carbonyl (C=O) groups excluding carboxylic acids is 2. The van der Waals surface area contributed by atoms with Crippen molar-refractivity contribution >= 4 is 17.5 Å². The smallest absolute Gasteiger partial charge is 0.273 e. The standard InChI is InChI=1S/C21H20N4O3/c1-2-19(26)25-9-7-15-10-16(5-6-18(15)25)21-24-17(13-28-21)20(27)23-12-14-4-3-8-22-11-14/h3-6,8,10-11,13H,2,7,9,12H2,1H3,(H,23,27). The highest BCUT2D eigenvalue weighted by Gasteiger charge is 2.24. The molecular formula is C21H20N4O3. The first kappa shape index (κ1) is 17.9. The Hall–Kier alpha value is -3.48. The normalized spacial score (nSPS) is 12.7. The van der Waals surface area contributed by atoms with Crippen LogP contribution in [0.1, 0.15) is 35.0 Å². The fourth-order valence-electron chi connectivity index (χ4n) is 3.27. The molecule has 1 aliphatic heterocycles. The molecule has 1 N–H and O–H groups in total. The fourth-order valence-corrected chi connectivity index (χ4v) is 3.27. The summed E-state index contributed by atoms with van der Waals surface area (Å²) in [5.41, 5.74) is 3.94. The first-order chi connectivity index (χ1) is 13.7. The van der Waals surface area contributed by atoms with E-state index in [1.54, 1.807) is 12.4 Å². The van der Waals surface area contributed by atoms with Crippen molar-refractivity contribution < 1.29 is 14.0 Å². The highest BCUT2D eigenvalue weighted by Crippen LogP contribution is 2.32. The van der Waals surface area contributed by atoms with E-state index in [4.69, 9.17) is 4.42 Å². The zero-order valence-corrected chi connectivity index (χ0v) is 15.5. The maximum absolute atomic E-state index is 12.3. The van der Waals surface area contributed by atoms with E-state index < -0.39 is 0 Å². The number of benzene rings is 1. The molecule has 0 spiro atoms. The summed E-state index contributed by atoms with van der Waals surface area (Å²) < 4.78 is 5.51. The molecule has 28 heavy (non-hydrogen) atoms. The summed E-state index contributed by atoms with van der Waals surface area (Å²) in [4.78, 5) is 34.5. The van der Waals surface area contributed by atoms with Gasteiger partial charge in [-0.2, -0.15) is 0 Å². The van der Waals surface area contributed by atoms with Gasteiger partial charge in [-0.05, 0) is 41.8 Å². The lowest BCUT2D eigenvalue weighted by molar-refractivity contribution is -0.118. The molecule has 1 aliphatic rings. The second-order valence-electron chi connectivity index (χ2n) is 6.57. The average molecular weight is 376 g/mol. The molecule has 0 fully saturated rings. The molecule has 3 aromatic rings. The van der Waals surface area contributed by atoms with Gasteiger partial charge in [0.25, 0.3) is 5.91 Å². The Morgan fingerprint density at radius 1 is 1.29 bits per heavy atom. The van der Waals surface area contributed by atoms with Gasteiger partial charge in [-0.3, -0.25) is 14.6 Å². The molecule has 7 nitrogen and oxygen atoms in total. The molecule has 2 amide bonds. The van der Waals surface area contributed by atoms with Gasteiger partial charge in [0.15, 0.2) is 5.69 Å². The zero-order valence-electron chi connectivity index (χ0n) is 15.5. The molecule has 1 aromatic carbocycles. The number of amides is 2. The van der Waals surface area contributed by atoms with Crippen molar-refractivity contribution in [3.8, 4) is 11.5 Å². The van der Waals surface area contributed by atoms with Crippen molar-refractivity contribution in [1.82, 2.24) is 15.3 Å². The third-order valence-corrected chi connectivity index (χ3v) is 4.74. The number of rotatable bonds is 5. The van der Waals surface area contributed by atoms with Crippen molar-refractivity contribution in [3.05, 3.63) is 65.8 Å². The van der Waals surface area contributed by atoms with Crippen LogP contribution in [0, 0.1) is 0 Å². The lowest BCUT2D eigenvalue weighted by atomic mass is 10.1. The van der Waals surface area contributed by atoms with Crippen LogP contribution in [-0.4, -0.2) is 28.3 Å². The van der Waals surface area contributed by atoms with E-state index in [1.165, 1.54) is 6.26 Å². The zero-order chi connectivity index (χ0) is 19.5. The lowest BCUT2D eigenvalue weighted by Crippen LogP contribution is -2.27. The summed E-state index contributed by atoms with van der Waals surface area (Å²) in [6.07, 6.45) is 6.02. The van der Waals surface area contributed by atoms with E-state index in [-0.39, 0.29) is 17.5 Å². The number of hydrogen-bond donors (Lipinski definition) is 1. The highest BCUT2D eigenvalue weighted by molar-refractivity contribution is 5.95. The Kier molecular flexibility index (Phi) is 4.89. The molecule has 3 heterocycles. The van der Waals surface area contributed by atoms with Gasteiger partial charge in [0.05, 0.1) is 0 Å². The largest absolute Gasteiger partial charge is 0.444 e. The first-order valence-corrected chi connectivity index (χ1v) is 9.22. The van der Waals surface area contributed by atoms with E-state index in [0.29, 0.717) is 25.4 Å². The van der Waals surface area contributed by atoms with Crippen LogP contribution in [0.5, 0.6) is 0 Å². The Labute approximate surface area is 162 Å². The molecule has 0 atom stereocenters. The second kappa shape index (κ2) is 7.64. The molecule has 0 bridgehead atoms. The van der Waals surface area contributed by atoms with E-state index in [9.17, 15) is 9.59 Å². The number of aromatic nitrogens is 2. The number of oxazole rings is 1. The van der Waals surface area contributed by atoms with E-state index in [0.717, 1.165) is 28.8 Å². The number of fused-ring (bicyclic) bond motifs is 1. The van der Waals surface area contributed by atoms with Gasteiger partial charge in [-0.25, -0.2) is 4.98 Å². The maximum Gasteiger partial charge on any atom is 0.273 e. The van der Waals surface area contributed by atoms with Gasteiger partial charge < -0.3 is 14.6 Å². The van der Waals surface area contributed by atoms with Crippen LogP contribution >= 0.6 is 0 Å². The molecule has 0 saturated carbocycles. The number of hydrogen-bond acceptors (Lipinski definition) is 5.